The van der Waals surface area contributed by atoms with Crippen LogP contribution in [0.25, 0.3) is 22.3 Å². The number of hydrogen-bond acceptors (Lipinski definition) is 7. The van der Waals surface area contributed by atoms with Crippen molar-refractivity contribution >= 4 is 28.4 Å². The molecule has 1 atom stereocenters. The molecule has 2 bridgehead atoms. The molecule has 3 saturated carbocycles. The number of alkyl halides is 1. The van der Waals surface area contributed by atoms with Crippen molar-refractivity contribution < 1.29 is 14.0 Å². The molecule has 10 nitrogen and oxygen atoms in total. The van der Waals surface area contributed by atoms with Crippen LogP contribution in [0, 0.1) is 5.41 Å². The number of fused-ring (bicyclic) bond motifs is 1. The van der Waals surface area contributed by atoms with E-state index in [2.05, 4.69) is 43.3 Å². The number of pyridine rings is 2. The molecule has 5 heterocycles. The minimum Gasteiger partial charge on any atom is -0.357 e. The van der Waals surface area contributed by atoms with Crippen molar-refractivity contribution in [2.45, 2.75) is 70.2 Å². The van der Waals surface area contributed by atoms with Gasteiger partial charge in [-0.1, -0.05) is 0 Å². The molecule has 4 aliphatic rings. The van der Waals surface area contributed by atoms with E-state index in [0.717, 1.165) is 22.3 Å². The summed E-state index contributed by atoms with van der Waals surface area (Å²) in [6, 6.07) is 6.11. The highest BCUT2D eigenvalue weighted by atomic mass is 19.1. The Bertz CT molecular complexity index is 1570. The zero-order chi connectivity index (χ0) is 26.8. The maximum absolute atomic E-state index is 13.9. The van der Waals surface area contributed by atoms with Gasteiger partial charge in [0.25, 0.3) is 0 Å². The first-order valence-electron chi connectivity index (χ1n) is 13.4. The second kappa shape index (κ2) is 8.77. The van der Waals surface area contributed by atoms with E-state index in [0.29, 0.717) is 68.7 Å². The summed E-state index contributed by atoms with van der Waals surface area (Å²) in [7, 11) is 0. The van der Waals surface area contributed by atoms with Gasteiger partial charge in [0.1, 0.15) is 12.0 Å². The Morgan fingerprint density at radius 1 is 1.08 bits per heavy atom. The fourth-order valence-electron chi connectivity index (χ4n) is 6.37. The van der Waals surface area contributed by atoms with E-state index in [-0.39, 0.29) is 23.3 Å². The fourth-order valence-corrected chi connectivity index (χ4v) is 6.37. The topological polar surface area (TPSA) is 122 Å². The van der Waals surface area contributed by atoms with Gasteiger partial charge < -0.3 is 10.3 Å². The van der Waals surface area contributed by atoms with Gasteiger partial charge in [-0.25, -0.2) is 19.0 Å². The first kappa shape index (κ1) is 24.1. The average molecular weight is 529 g/mol. The Morgan fingerprint density at radius 3 is 2.64 bits per heavy atom. The fraction of sp³-hybridized carbons (Fsp3) is 0.429. The molecule has 1 aliphatic heterocycles. The number of nitrogens with zero attached hydrogens (tertiary/aromatic N) is 6. The smallest absolute Gasteiger partial charge is 0.233 e. The number of carbonyl (C=O) groups excluding carboxylic acids is 2. The van der Waals surface area contributed by atoms with Crippen molar-refractivity contribution in [3.63, 3.8) is 0 Å². The van der Waals surface area contributed by atoms with Gasteiger partial charge in [0.2, 0.25) is 11.8 Å². The van der Waals surface area contributed by atoms with Crippen LogP contribution >= 0.6 is 0 Å². The summed E-state index contributed by atoms with van der Waals surface area (Å²) >= 11 is 0. The Morgan fingerprint density at radius 2 is 1.87 bits per heavy atom. The predicted molar refractivity (Wildman–Crippen MR) is 141 cm³/mol. The molecule has 3 aliphatic carbocycles. The standard InChI is InChI=1S/C28H29FN8O2/c1-17(27-13-28(29,14-27)15-27)31-10-20-5-18-9-32-21(7-23(18)34-20)12-36-16-33-26(35-36)19-6-22(11-30-8-19)37-24(38)3-2-4-25(37)39/h5-9,11,16-17,31,34H,2-4,10,12-15H2,1H3. The second-order valence-electron chi connectivity index (χ2n) is 11.4. The summed E-state index contributed by atoms with van der Waals surface area (Å²) in [5, 5.41) is 9.17. The van der Waals surface area contributed by atoms with Crippen LogP contribution in [-0.4, -0.2) is 53.2 Å². The van der Waals surface area contributed by atoms with Crippen LogP contribution < -0.4 is 10.2 Å². The normalized spacial score (nSPS) is 25.0. The molecule has 4 fully saturated rings. The molecule has 0 aromatic carbocycles. The third kappa shape index (κ3) is 4.21. The molecule has 0 radical (unpaired) electrons. The largest absolute Gasteiger partial charge is 0.357 e. The third-order valence-corrected chi connectivity index (χ3v) is 8.52. The number of aromatic nitrogens is 6. The number of imide groups is 1. The number of piperidine rings is 1. The number of rotatable bonds is 8. The first-order chi connectivity index (χ1) is 18.8. The molecule has 4 aromatic rings. The average Bonchev–Trinajstić information content (AvgIpc) is 3.51. The summed E-state index contributed by atoms with van der Waals surface area (Å²) in [4.78, 5) is 42.5. The van der Waals surface area contributed by atoms with Crippen LogP contribution in [0.4, 0.5) is 10.1 Å². The van der Waals surface area contributed by atoms with Gasteiger partial charge in [-0.2, -0.15) is 5.10 Å². The number of H-pyrrole nitrogens is 1. The molecule has 2 amide bonds. The molecule has 200 valence electrons. The van der Waals surface area contributed by atoms with Crippen LogP contribution in [-0.2, 0) is 22.7 Å². The number of halogens is 1. The highest BCUT2D eigenvalue weighted by Gasteiger charge is 2.70. The Kier molecular flexibility index (Phi) is 5.41. The van der Waals surface area contributed by atoms with E-state index < -0.39 is 5.67 Å². The lowest BCUT2D eigenvalue weighted by Gasteiger charge is -2.68. The van der Waals surface area contributed by atoms with E-state index in [4.69, 9.17) is 0 Å². The maximum Gasteiger partial charge on any atom is 0.233 e. The van der Waals surface area contributed by atoms with Gasteiger partial charge in [-0.15, -0.1) is 0 Å². The Hall–Kier alpha value is -3.99. The molecular weight excluding hydrogens is 499 g/mol. The van der Waals surface area contributed by atoms with Gasteiger partial charge in [0.15, 0.2) is 5.82 Å². The molecule has 11 heteroatoms. The number of anilines is 1. The van der Waals surface area contributed by atoms with Crippen LogP contribution in [0.1, 0.15) is 56.8 Å². The zero-order valence-electron chi connectivity index (χ0n) is 21.7. The predicted octanol–water partition coefficient (Wildman–Crippen LogP) is 3.68. The van der Waals surface area contributed by atoms with Gasteiger partial charge in [0.05, 0.1) is 24.1 Å². The first-order valence-corrected chi connectivity index (χ1v) is 13.4. The lowest BCUT2D eigenvalue weighted by Crippen LogP contribution is -2.70. The van der Waals surface area contributed by atoms with E-state index in [1.54, 1.807) is 23.3 Å². The van der Waals surface area contributed by atoms with Gasteiger partial charge in [0, 0.05) is 60.0 Å². The maximum atomic E-state index is 13.9. The van der Waals surface area contributed by atoms with Crippen LogP contribution in [0.3, 0.4) is 0 Å². The summed E-state index contributed by atoms with van der Waals surface area (Å²) in [5.74, 6) is 0.0199. The molecule has 1 unspecified atom stereocenters. The molecule has 4 aromatic heterocycles. The third-order valence-electron chi connectivity index (χ3n) is 8.52. The van der Waals surface area contributed by atoms with Crippen LogP contribution in [0.15, 0.2) is 43.1 Å². The van der Waals surface area contributed by atoms with Crippen molar-refractivity contribution in [3.8, 4) is 11.4 Å². The summed E-state index contributed by atoms with van der Waals surface area (Å²) in [5.41, 5.74) is 3.21. The lowest BCUT2D eigenvalue weighted by atomic mass is 9.40. The highest BCUT2D eigenvalue weighted by Crippen LogP contribution is 2.70. The summed E-state index contributed by atoms with van der Waals surface area (Å²) in [6.07, 6.45) is 9.95. The number of nitrogens with one attached hydrogen (secondary N) is 2. The highest BCUT2D eigenvalue weighted by molar-refractivity contribution is 6.16. The summed E-state index contributed by atoms with van der Waals surface area (Å²) in [6.45, 7) is 3.28. The van der Waals surface area contributed by atoms with Crippen LogP contribution in [0.2, 0.25) is 0 Å². The van der Waals surface area contributed by atoms with Crippen LogP contribution in [0.5, 0.6) is 0 Å². The SMILES string of the molecule is CC(NCc1cc2cnc(Cn3cnc(-c4cncc(N5C(=O)CCCC5=O)c4)n3)cc2[nH]1)C12CC(F)(C1)C2. The van der Waals surface area contributed by atoms with Crippen molar-refractivity contribution in [3.05, 3.63) is 54.5 Å². The number of aromatic amines is 1. The number of carbonyl (C=O) groups is 2. The minimum absolute atomic E-state index is 0.145. The van der Waals surface area contributed by atoms with Crippen molar-refractivity contribution in [1.82, 2.24) is 35.0 Å². The molecule has 1 saturated heterocycles. The summed E-state index contributed by atoms with van der Waals surface area (Å²) < 4.78 is 15.6. The van der Waals surface area contributed by atoms with E-state index >= 15 is 0 Å². The zero-order valence-corrected chi connectivity index (χ0v) is 21.7. The van der Waals surface area contributed by atoms with E-state index in [9.17, 15) is 14.0 Å². The van der Waals surface area contributed by atoms with Crippen molar-refractivity contribution in [2.24, 2.45) is 5.41 Å². The van der Waals surface area contributed by atoms with Gasteiger partial charge >= 0.3 is 0 Å². The molecule has 8 rings (SSSR count). The lowest BCUT2D eigenvalue weighted by molar-refractivity contribution is -0.226. The Labute approximate surface area is 224 Å². The Balaban J connectivity index is 1.02. The molecule has 0 spiro atoms. The van der Waals surface area contributed by atoms with Crippen molar-refractivity contribution in [2.75, 3.05) is 4.90 Å². The monoisotopic (exact) mass is 528 g/mol. The van der Waals surface area contributed by atoms with Gasteiger partial charge in [-0.05, 0) is 56.2 Å². The number of amides is 2. The quantitative estimate of drug-likeness (QED) is 0.335. The van der Waals surface area contributed by atoms with E-state index in [1.807, 2.05) is 12.3 Å². The number of hydrogen-bond donors (Lipinski definition) is 2. The van der Waals surface area contributed by atoms with E-state index in [1.165, 1.54) is 11.1 Å². The molecular formula is C28H29FN8O2. The minimum atomic E-state index is -0.876. The van der Waals surface area contributed by atoms with Crippen molar-refractivity contribution in [1.29, 1.82) is 0 Å². The second-order valence-corrected chi connectivity index (χ2v) is 11.4. The molecule has 39 heavy (non-hydrogen) atoms. The van der Waals surface area contributed by atoms with Gasteiger partial charge in [-0.3, -0.25) is 19.6 Å². The molecule has 2 N–H and O–H groups in total.